The molecule has 5 rings (SSSR count). The van der Waals surface area contributed by atoms with Crippen molar-refractivity contribution in [2.24, 2.45) is 5.10 Å². The number of hydroxylamine groups is 1. The first-order chi connectivity index (χ1) is 25.3. The summed E-state index contributed by atoms with van der Waals surface area (Å²) < 4.78 is 27.9. The molecule has 1 heterocycles. The number of anilines is 2. The maximum absolute atomic E-state index is 14.0. The molecule has 0 spiro atoms. The Hall–Kier alpha value is -4.42. The summed E-state index contributed by atoms with van der Waals surface area (Å²) in [5.74, 6) is -2.30. The molecule has 4 aromatic carbocycles. The summed E-state index contributed by atoms with van der Waals surface area (Å²) in [7, 11) is -4.46. The lowest BCUT2D eigenvalue weighted by Gasteiger charge is -2.32. The Labute approximate surface area is 330 Å². The standard InChI is InChI=1S/C40H41Cl3N4O6S/c1-8-39(4,5)26-18-19-33(30(21-26)40(6,7)9-2)53-47(24(3)48)28-15-13-14-25(20-28)37(49)44-36-35(54(51,52)29-16-11-10-12-17-29)38(50)46(45-36)34-31(42)22-27(41)23-32(34)43/h10-23,35H,8-9H2,1-7H3,(H,44,45,49). The van der Waals surface area contributed by atoms with E-state index >= 15 is 0 Å². The second-order valence-corrected chi connectivity index (χ2v) is 17.5. The van der Waals surface area contributed by atoms with E-state index in [-0.39, 0.29) is 47.7 Å². The zero-order valence-electron chi connectivity index (χ0n) is 30.9. The van der Waals surface area contributed by atoms with Crippen LogP contribution in [-0.4, -0.2) is 37.2 Å². The number of hydrazone groups is 1. The van der Waals surface area contributed by atoms with Crippen molar-refractivity contribution >= 4 is 79.6 Å². The van der Waals surface area contributed by atoms with Gasteiger partial charge < -0.3 is 10.2 Å². The molecule has 0 aromatic heterocycles. The zero-order valence-corrected chi connectivity index (χ0v) is 34.0. The molecule has 0 bridgehead atoms. The van der Waals surface area contributed by atoms with Gasteiger partial charge in [-0.05, 0) is 77.8 Å². The average molecular weight is 812 g/mol. The first-order valence-corrected chi connectivity index (χ1v) is 19.9. The molecular formula is C40H41Cl3N4O6S. The molecule has 0 saturated heterocycles. The lowest BCUT2D eigenvalue weighted by molar-refractivity contribution is -0.120. The highest BCUT2D eigenvalue weighted by atomic mass is 35.5. The van der Waals surface area contributed by atoms with Crippen LogP contribution >= 0.6 is 34.8 Å². The van der Waals surface area contributed by atoms with E-state index in [0.717, 1.165) is 34.0 Å². The van der Waals surface area contributed by atoms with Crippen molar-refractivity contribution in [1.29, 1.82) is 0 Å². The number of hydrogen-bond donors (Lipinski definition) is 1. The number of sulfone groups is 1. The molecule has 14 heteroatoms. The van der Waals surface area contributed by atoms with Crippen molar-refractivity contribution < 1.29 is 27.6 Å². The van der Waals surface area contributed by atoms with Crippen molar-refractivity contribution in [3.63, 3.8) is 0 Å². The summed E-state index contributed by atoms with van der Waals surface area (Å²) in [6.45, 7) is 14.1. The topological polar surface area (TPSA) is 125 Å². The normalized spacial score (nSPS) is 14.9. The quantitative estimate of drug-likeness (QED) is 0.151. The number of hydrogen-bond acceptors (Lipinski definition) is 7. The number of halogens is 3. The Morgan fingerprint density at radius 1 is 0.870 bits per heavy atom. The van der Waals surface area contributed by atoms with Crippen LogP contribution in [-0.2, 0) is 30.3 Å². The van der Waals surface area contributed by atoms with Gasteiger partial charge in [0.25, 0.3) is 17.7 Å². The Morgan fingerprint density at radius 2 is 1.50 bits per heavy atom. The van der Waals surface area contributed by atoms with Crippen molar-refractivity contribution in [3.8, 4) is 5.75 Å². The molecule has 4 aromatic rings. The summed E-state index contributed by atoms with van der Waals surface area (Å²) in [4.78, 5) is 47.1. The van der Waals surface area contributed by atoms with Gasteiger partial charge in [-0.25, -0.2) is 8.42 Å². The fourth-order valence-corrected chi connectivity index (χ4v) is 8.32. The summed E-state index contributed by atoms with van der Waals surface area (Å²) in [6, 6.07) is 22.0. The number of nitrogens with zero attached hydrogens (tertiary/aromatic N) is 3. The van der Waals surface area contributed by atoms with Crippen LogP contribution < -0.4 is 20.2 Å². The molecule has 1 atom stereocenters. The lowest BCUT2D eigenvalue weighted by atomic mass is 9.76. The van der Waals surface area contributed by atoms with E-state index in [1.54, 1.807) is 18.2 Å². The second-order valence-electron chi connectivity index (χ2n) is 14.2. The SMILES string of the molecule is CCC(C)(C)c1ccc(ON(C(C)=O)c2cccc(C(=O)NC3=NN(c4c(Cl)cc(Cl)cc4Cl)C(=O)C3S(=O)(=O)c3ccccc3)c2)c(C(C)(C)CC)c1. The van der Waals surface area contributed by atoms with E-state index in [1.165, 1.54) is 55.5 Å². The van der Waals surface area contributed by atoms with Crippen molar-refractivity contribution in [1.82, 2.24) is 5.32 Å². The van der Waals surface area contributed by atoms with E-state index in [2.05, 4.69) is 58.0 Å². The molecular weight excluding hydrogens is 771 g/mol. The fourth-order valence-electron chi connectivity index (χ4n) is 5.76. The van der Waals surface area contributed by atoms with Crippen molar-refractivity contribution in [2.45, 2.75) is 82.3 Å². The van der Waals surface area contributed by atoms with Crippen molar-refractivity contribution in [3.05, 3.63) is 117 Å². The summed E-state index contributed by atoms with van der Waals surface area (Å²) in [6.07, 6.45) is 1.73. The number of nitrogens with one attached hydrogen (secondary N) is 1. The first-order valence-electron chi connectivity index (χ1n) is 17.2. The molecule has 54 heavy (non-hydrogen) atoms. The number of carbonyl (C=O) groups is 3. The number of rotatable bonds is 11. The minimum Gasteiger partial charge on any atom is -0.372 e. The Kier molecular flexibility index (Phi) is 11.9. The summed E-state index contributed by atoms with van der Waals surface area (Å²) >= 11 is 18.9. The molecule has 1 aliphatic rings. The van der Waals surface area contributed by atoms with E-state index in [1.807, 2.05) is 12.1 Å². The number of benzene rings is 4. The van der Waals surface area contributed by atoms with Gasteiger partial charge in [-0.3, -0.25) is 14.4 Å². The fraction of sp³-hybridized carbons (Fsp3) is 0.300. The van der Waals surface area contributed by atoms with Crippen LogP contribution in [0.4, 0.5) is 11.4 Å². The van der Waals surface area contributed by atoms with Crippen LogP contribution in [0.5, 0.6) is 5.75 Å². The highest BCUT2D eigenvalue weighted by Gasteiger charge is 2.48. The van der Waals surface area contributed by atoms with E-state index in [4.69, 9.17) is 39.6 Å². The van der Waals surface area contributed by atoms with Gasteiger partial charge in [0.1, 0.15) is 5.69 Å². The first kappa shape index (κ1) is 40.8. The molecule has 1 N–H and O–H groups in total. The van der Waals surface area contributed by atoms with Gasteiger partial charge in [-0.15, -0.1) is 10.2 Å². The Bertz CT molecular complexity index is 2240. The van der Waals surface area contributed by atoms with Crippen molar-refractivity contribution in [2.75, 3.05) is 10.1 Å². The predicted molar refractivity (Wildman–Crippen MR) is 215 cm³/mol. The van der Waals surface area contributed by atoms with Gasteiger partial charge in [0, 0.05) is 23.1 Å². The number of carbonyl (C=O) groups excluding carboxylic acids is 3. The smallest absolute Gasteiger partial charge is 0.274 e. The van der Waals surface area contributed by atoms with E-state index in [0.29, 0.717) is 5.75 Å². The van der Waals surface area contributed by atoms with Gasteiger partial charge in [0.15, 0.2) is 21.4 Å². The lowest BCUT2D eigenvalue weighted by Crippen LogP contribution is -2.45. The third-order valence-electron chi connectivity index (χ3n) is 9.78. The van der Waals surface area contributed by atoms with Crippen LogP contribution in [0.1, 0.15) is 82.8 Å². The molecule has 1 aliphatic heterocycles. The summed E-state index contributed by atoms with van der Waals surface area (Å²) in [5, 5.41) is 6.66. The number of amides is 3. The third kappa shape index (κ3) is 8.15. The Balaban J connectivity index is 1.52. The molecule has 10 nitrogen and oxygen atoms in total. The Morgan fingerprint density at radius 3 is 2.09 bits per heavy atom. The third-order valence-corrected chi connectivity index (χ3v) is 12.6. The summed E-state index contributed by atoms with van der Waals surface area (Å²) in [5.41, 5.74) is 1.81. The van der Waals surface area contributed by atoms with Crippen LogP contribution in [0, 0.1) is 0 Å². The van der Waals surface area contributed by atoms with Gasteiger partial charge in [-0.1, -0.05) is 113 Å². The molecule has 0 radical (unpaired) electrons. The van der Waals surface area contributed by atoms with E-state index < -0.39 is 38.6 Å². The maximum atomic E-state index is 14.0. The second kappa shape index (κ2) is 15.7. The number of amidine groups is 1. The molecule has 0 aliphatic carbocycles. The van der Waals surface area contributed by atoms with Crippen LogP contribution in [0.2, 0.25) is 15.1 Å². The monoisotopic (exact) mass is 810 g/mol. The largest absolute Gasteiger partial charge is 0.372 e. The molecule has 0 fully saturated rings. The molecule has 1 unspecified atom stereocenters. The molecule has 0 saturated carbocycles. The van der Waals surface area contributed by atoms with Gasteiger partial charge in [-0.2, -0.15) is 5.01 Å². The highest BCUT2D eigenvalue weighted by molar-refractivity contribution is 7.93. The minimum absolute atomic E-state index is 0.0171. The molecule has 3 amide bonds. The van der Waals surface area contributed by atoms with Crippen LogP contribution in [0.15, 0.2) is 94.9 Å². The highest BCUT2D eigenvalue weighted by Crippen LogP contribution is 2.41. The van der Waals surface area contributed by atoms with Crippen LogP contribution in [0.25, 0.3) is 0 Å². The van der Waals surface area contributed by atoms with Crippen LogP contribution in [0.3, 0.4) is 0 Å². The van der Waals surface area contributed by atoms with Gasteiger partial charge >= 0.3 is 0 Å². The van der Waals surface area contributed by atoms with Gasteiger partial charge in [0.2, 0.25) is 5.25 Å². The van der Waals surface area contributed by atoms with Gasteiger partial charge in [0.05, 0.1) is 20.6 Å². The predicted octanol–water partition coefficient (Wildman–Crippen LogP) is 9.30. The van der Waals surface area contributed by atoms with E-state index in [9.17, 15) is 22.8 Å². The average Bonchev–Trinajstić information content (AvgIpc) is 3.45. The zero-order chi connectivity index (χ0) is 39.7. The molecule has 284 valence electrons. The maximum Gasteiger partial charge on any atom is 0.274 e. The minimum atomic E-state index is -4.46.